The summed E-state index contributed by atoms with van der Waals surface area (Å²) in [5, 5.41) is 12.3. The molecule has 0 N–H and O–H groups in total. The van der Waals surface area contributed by atoms with Crippen LogP contribution in [0.3, 0.4) is 0 Å². The SMILES string of the molecule is FC(F)(F)c1ccc(/C=C/c2nc(COc3ccc(CCCCn4cncn4)nn3)co2)cc1. The molecule has 4 rings (SSSR count). The molecule has 3 aromatic heterocycles. The van der Waals surface area contributed by atoms with Crippen molar-refractivity contribution in [3.8, 4) is 5.88 Å². The zero-order chi connectivity index (χ0) is 23.8. The monoisotopic (exact) mass is 470 g/mol. The first-order valence-electron chi connectivity index (χ1n) is 10.5. The third-order valence-corrected chi connectivity index (χ3v) is 4.83. The van der Waals surface area contributed by atoms with Crippen LogP contribution in [0.2, 0.25) is 0 Å². The fraction of sp³-hybridized carbons (Fsp3) is 0.261. The van der Waals surface area contributed by atoms with Gasteiger partial charge in [0.1, 0.15) is 31.2 Å². The quantitative estimate of drug-likeness (QED) is 0.306. The molecule has 0 aliphatic heterocycles. The van der Waals surface area contributed by atoms with Crippen LogP contribution in [-0.4, -0.2) is 29.9 Å². The molecule has 34 heavy (non-hydrogen) atoms. The largest absolute Gasteiger partial charge is 0.470 e. The summed E-state index contributed by atoms with van der Waals surface area (Å²) < 4.78 is 50.6. The molecule has 0 saturated heterocycles. The van der Waals surface area contributed by atoms with E-state index in [-0.39, 0.29) is 6.61 Å². The lowest BCUT2D eigenvalue weighted by Gasteiger charge is -2.05. The maximum Gasteiger partial charge on any atom is 0.416 e. The Labute approximate surface area is 193 Å². The van der Waals surface area contributed by atoms with Crippen LogP contribution in [0, 0.1) is 0 Å². The molecule has 8 nitrogen and oxygen atoms in total. The average molecular weight is 470 g/mol. The Bertz CT molecular complexity index is 1190. The summed E-state index contributed by atoms with van der Waals surface area (Å²) in [5.74, 6) is 0.682. The number of nitrogens with zero attached hydrogens (tertiary/aromatic N) is 6. The Hall–Kier alpha value is -4.02. The van der Waals surface area contributed by atoms with E-state index in [1.165, 1.54) is 24.7 Å². The van der Waals surface area contributed by atoms with Crippen LogP contribution in [0.5, 0.6) is 5.88 Å². The van der Waals surface area contributed by atoms with Crippen molar-refractivity contribution in [1.82, 2.24) is 29.9 Å². The zero-order valence-corrected chi connectivity index (χ0v) is 18.0. The molecule has 0 fully saturated rings. The van der Waals surface area contributed by atoms with Crippen molar-refractivity contribution in [3.05, 3.63) is 83.7 Å². The van der Waals surface area contributed by atoms with E-state index in [0.29, 0.717) is 23.0 Å². The second-order valence-electron chi connectivity index (χ2n) is 7.40. The summed E-state index contributed by atoms with van der Waals surface area (Å²) in [4.78, 5) is 8.18. The van der Waals surface area contributed by atoms with Crippen LogP contribution in [0.4, 0.5) is 13.2 Å². The molecule has 3 heterocycles. The Balaban J connectivity index is 1.21. The molecule has 4 aromatic rings. The maximum absolute atomic E-state index is 12.6. The number of unbranched alkanes of at least 4 members (excludes halogenated alkanes) is 1. The number of benzene rings is 1. The summed E-state index contributed by atoms with van der Waals surface area (Å²) in [7, 11) is 0. The number of rotatable bonds is 10. The predicted octanol–water partition coefficient (Wildman–Crippen LogP) is 4.85. The van der Waals surface area contributed by atoms with Crippen LogP contribution < -0.4 is 4.74 Å². The smallest absolute Gasteiger partial charge is 0.416 e. The summed E-state index contributed by atoms with van der Waals surface area (Å²) in [6, 6.07) is 8.45. The number of hydrogen-bond acceptors (Lipinski definition) is 7. The van der Waals surface area contributed by atoms with Gasteiger partial charge in [0, 0.05) is 18.7 Å². The molecule has 0 atom stereocenters. The molecule has 0 amide bonds. The van der Waals surface area contributed by atoms with Gasteiger partial charge in [-0.15, -0.1) is 5.10 Å². The second-order valence-corrected chi connectivity index (χ2v) is 7.40. The van der Waals surface area contributed by atoms with Gasteiger partial charge in [-0.25, -0.2) is 9.97 Å². The fourth-order valence-corrected chi connectivity index (χ4v) is 3.05. The topological polar surface area (TPSA) is 91.8 Å². The number of hydrogen-bond donors (Lipinski definition) is 0. The van der Waals surface area contributed by atoms with Gasteiger partial charge in [0.25, 0.3) is 0 Å². The van der Waals surface area contributed by atoms with Gasteiger partial charge >= 0.3 is 6.18 Å². The summed E-state index contributed by atoms with van der Waals surface area (Å²) in [6.45, 7) is 0.956. The van der Waals surface area contributed by atoms with Crippen molar-refractivity contribution in [1.29, 1.82) is 0 Å². The number of oxazole rings is 1. The van der Waals surface area contributed by atoms with Gasteiger partial charge in [0.05, 0.1) is 11.3 Å². The summed E-state index contributed by atoms with van der Waals surface area (Å²) in [6.07, 6.45) is 6.22. The predicted molar refractivity (Wildman–Crippen MR) is 116 cm³/mol. The Morgan fingerprint density at radius 3 is 2.53 bits per heavy atom. The van der Waals surface area contributed by atoms with Gasteiger partial charge in [-0.2, -0.15) is 23.4 Å². The maximum atomic E-state index is 12.6. The first-order valence-corrected chi connectivity index (χ1v) is 10.5. The minimum atomic E-state index is -4.36. The third-order valence-electron chi connectivity index (χ3n) is 4.83. The molecule has 0 spiro atoms. The van der Waals surface area contributed by atoms with E-state index >= 15 is 0 Å². The summed E-state index contributed by atoms with van der Waals surface area (Å²) in [5.41, 5.74) is 1.33. The molecule has 0 unspecified atom stereocenters. The van der Waals surface area contributed by atoms with Crippen LogP contribution in [0.25, 0.3) is 12.2 Å². The lowest BCUT2D eigenvalue weighted by molar-refractivity contribution is -0.137. The fourth-order valence-electron chi connectivity index (χ4n) is 3.05. The van der Waals surface area contributed by atoms with E-state index in [1.807, 2.05) is 6.07 Å². The summed E-state index contributed by atoms with van der Waals surface area (Å²) >= 11 is 0. The lowest BCUT2D eigenvalue weighted by Crippen LogP contribution is -2.03. The van der Waals surface area contributed by atoms with Crippen molar-refractivity contribution in [2.75, 3.05) is 0 Å². The van der Waals surface area contributed by atoms with Crippen molar-refractivity contribution in [2.45, 2.75) is 38.6 Å². The third kappa shape index (κ3) is 6.74. The molecule has 0 aliphatic rings. The molecular formula is C23H21F3N6O2. The lowest BCUT2D eigenvalue weighted by atomic mass is 10.1. The molecule has 0 saturated carbocycles. The molecule has 0 radical (unpaired) electrons. The average Bonchev–Trinajstić information content (AvgIpc) is 3.52. The van der Waals surface area contributed by atoms with Crippen LogP contribution in [0.15, 0.2) is 59.7 Å². The normalized spacial score (nSPS) is 11.9. The van der Waals surface area contributed by atoms with Crippen LogP contribution in [-0.2, 0) is 25.7 Å². The molecular weight excluding hydrogens is 449 g/mol. The minimum Gasteiger partial charge on any atom is -0.470 e. The van der Waals surface area contributed by atoms with Gasteiger partial charge in [0.15, 0.2) is 0 Å². The van der Waals surface area contributed by atoms with Gasteiger partial charge in [-0.1, -0.05) is 12.1 Å². The number of aryl methyl sites for hydroxylation is 2. The van der Waals surface area contributed by atoms with E-state index in [9.17, 15) is 13.2 Å². The van der Waals surface area contributed by atoms with Crippen LogP contribution in [0.1, 0.15) is 41.2 Å². The number of aromatic nitrogens is 6. The molecule has 176 valence electrons. The first-order chi connectivity index (χ1) is 16.5. The molecule has 0 bridgehead atoms. The molecule has 11 heteroatoms. The Morgan fingerprint density at radius 1 is 0.971 bits per heavy atom. The highest BCUT2D eigenvalue weighted by Crippen LogP contribution is 2.29. The number of ether oxygens (including phenoxy) is 1. The van der Waals surface area contributed by atoms with E-state index in [2.05, 4.69) is 25.3 Å². The highest BCUT2D eigenvalue weighted by atomic mass is 19.4. The van der Waals surface area contributed by atoms with E-state index < -0.39 is 11.7 Å². The zero-order valence-electron chi connectivity index (χ0n) is 18.0. The van der Waals surface area contributed by atoms with Gasteiger partial charge in [0.2, 0.25) is 11.8 Å². The van der Waals surface area contributed by atoms with Gasteiger partial charge in [-0.05, 0) is 49.1 Å². The minimum absolute atomic E-state index is 0.142. The Morgan fingerprint density at radius 2 is 1.82 bits per heavy atom. The molecule has 0 aliphatic carbocycles. The highest BCUT2D eigenvalue weighted by Gasteiger charge is 2.29. The van der Waals surface area contributed by atoms with Crippen molar-refractivity contribution >= 4 is 12.2 Å². The first kappa shape index (κ1) is 23.1. The van der Waals surface area contributed by atoms with Crippen molar-refractivity contribution < 1.29 is 22.3 Å². The number of halogens is 3. The Kier molecular flexibility index (Phi) is 7.31. The van der Waals surface area contributed by atoms with Gasteiger partial charge in [-0.3, -0.25) is 4.68 Å². The standard InChI is InChI=1S/C23H21F3N6O2/c24-23(25,26)18-7-4-17(5-8-18)6-10-21-29-20(13-33-21)14-34-22-11-9-19(30-31-22)3-1-2-12-32-16-27-15-28-32/h4-11,13,15-16H,1-3,12,14H2/b10-6+. The molecule has 1 aromatic carbocycles. The number of alkyl halides is 3. The highest BCUT2D eigenvalue weighted by molar-refractivity contribution is 5.66. The van der Waals surface area contributed by atoms with E-state index in [0.717, 1.165) is 43.6 Å². The van der Waals surface area contributed by atoms with Crippen molar-refractivity contribution in [2.24, 2.45) is 0 Å². The van der Waals surface area contributed by atoms with Crippen LogP contribution >= 0.6 is 0 Å². The second kappa shape index (κ2) is 10.7. The van der Waals surface area contributed by atoms with Gasteiger partial charge < -0.3 is 9.15 Å². The van der Waals surface area contributed by atoms with E-state index in [4.69, 9.17) is 9.15 Å². The van der Waals surface area contributed by atoms with Crippen molar-refractivity contribution in [3.63, 3.8) is 0 Å². The van der Waals surface area contributed by atoms with E-state index in [1.54, 1.807) is 29.2 Å².